The molecule has 0 bridgehead atoms. The Morgan fingerprint density at radius 3 is 2.57 bits per heavy atom. The van der Waals surface area contributed by atoms with Crippen LogP contribution in [0.1, 0.15) is 5.56 Å². The third kappa shape index (κ3) is 3.07. The van der Waals surface area contributed by atoms with Crippen molar-refractivity contribution in [2.24, 2.45) is 0 Å². The Balaban J connectivity index is 2.26. The van der Waals surface area contributed by atoms with Crippen LogP contribution in [0, 0.1) is 3.57 Å². The number of benzene rings is 1. The van der Waals surface area contributed by atoms with Gasteiger partial charge in [0.1, 0.15) is 5.52 Å². The maximum Gasteiger partial charge on any atom is 0.418 e. The topological polar surface area (TPSA) is 47.9 Å². The molecule has 4 nitrogen and oxygen atoms in total. The minimum absolute atomic E-state index is 0.0299. The number of ether oxygens (including phenoxy) is 1. The molecule has 23 heavy (non-hydrogen) atoms. The summed E-state index contributed by atoms with van der Waals surface area (Å²) < 4.78 is 45.3. The Bertz CT molecular complexity index is 883. The Kier molecular flexibility index (Phi) is 4.09. The summed E-state index contributed by atoms with van der Waals surface area (Å²) in [6.45, 7) is 0. The predicted molar refractivity (Wildman–Crippen MR) is 87.0 cm³/mol. The number of nitrogens with zero attached hydrogens (tertiary/aromatic N) is 3. The number of rotatable bonds is 2. The molecule has 0 radical (unpaired) electrons. The van der Waals surface area contributed by atoms with Gasteiger partial charge >= 0.3 is 6.18 Å². The molecule has 8 heteroatoms. The van der Waals surface area contributed by atoms with Crippen LogP contribution in [0.4, 0.5) is 13.2 Å². The number of pyridine rings is 1. The van der Waals surface area contributed by atoms with Crippen LogP contribution in [0.25, 0.3) is 22.3 Å². The molecule has 0 aliphatic heterocycles. The van der Waals surface area contributed by atoms with Crippen LogP contribution in [0.5, 0.6) is 5.88 Å². The molecule has 3 aromatic rings. The molecule has 0 saturated carbocycles. The van der Waals surface area contributed by atoms with Crippen molar-refractivity contribution in [1.82, 2.24) is 15.0 Å². The first-order valence-corrected chi connectivity index (χ1v) is 7.51. The molecule has 0 N–H and O–H groups in total. The quantitative estimate of drug-likeness (QED) is 0.568. The fourth-order valence-corrected chi connectivity index (χ4v) is 2.68. The van der Waals surface area contributed by atoms with E-state index < -0.39 is 11.7 Å². The van der Waals surface area contributed by atoms with E-state index in [-0.39, 0.29) is 16.8 Å². The SMILES string of the molecule is COc1ncc(C(F)(F)F)c2cnc(-c3cccc(I)c3)nc12. The highest BCUT2D eigenvalue weighted by Crippen LogP contribution is 2.36. The molecule has 0 fully saturated rings. The molecule has 0 aliphatic rings. The van der Waals surface area contributed by atoms with Crippen LogP contribution in [0.3, 0.4) is 0 Å². The number of fused-ring (bicyclic) bond motifs is 1. The summed E-state index contributed by atoms with van der Waals surface area (Å²) >= 11 is 2.14. The van der Waals surface area contributed by atoms with E-state index in [4.69, 9.17) is 4.74 Å². The van der Waals surface area contributed by atoms with Gasteiger partial charge < -0.3 is 4.74 Å². The predicted octanol–water partition coefficient (Wildman–Crippen LogP) is 4.32. The number of alkyl halides is 3. The van der Waals surface area contributed by atoms with Gasteiger partial charge in [0, 0.05) is 26.9 Å². The monoisotopic (exact) mass is 431 g/mol. The second-order valence-electron chi connectivity index (χ2n) is 4.65. The van der Waals surface area contributed by atoms with Crippen LogP contribution >= 0.6 is 22.6 Å². The second kappa shape index (κ2) is 5.91. The minimum atomic E-state index is -4.54. The number of hydrogen-bond donors (Lipinski definition) is 0. The van der Waals surface area contributed by atoms with Gasteiger partial charge in [-0.05, 0) is 34.7 Å². The molecular formula is C15H9F3IN3O. The number of aromatic nitrogens is 3. The summed E-state index contributed by atoms with van der Waals surface area (Å²) in [6, 6.07) is 7.35. The zero-order chi connectivity index (χ0) is 16.6. The molecule has 0 spiro atoms. The first-order valence-electron chi connectivity index (χ1n) is 6.43. The second-order valence-corrected chi connectivity index (χ2v) is 5.89. The number of methoxy groups -OCH3 is 1. The van der Waals surface area contributed by atoms with Gasteiger partial charge in [-0.3, -0.25) is 0 Å². The third-order valence-electron chi connectivity index (χ3n) is 3.17. The highest BCUT2D eigenvalue weighted by atomic mass is 127. The molecule has 0 saturated heterocycles. The van der Waals surface area contributed by atoms with Crippen molar-refractivity contribution in [3.05, 3.63) is 45.8 Å². The van der Waals surface area contributed by atoms with E-state index in [2.05, 4.69) is 37.5 Å². The lowest BCUT2D eigenvalue weighted by atomic mass is 10.1. The maximum absolute atomic E-state index is 13.1. The highest BCUT2D eigenvalue weighted by Gasteiger charge is 2.34. The Hall–Kier alpha value is -1.97. The minimum Gasteiger partial charge on any atom is -0.479 e. The zero-order valence-corrected chi connectivity index (χ0v) is 13.9. The van der Waals surface area contributed by atoms with Gasteiger partial charge in [-0.1, -0.05) is 12.1 Å². The molecule has 3 rings (SSSR count). The molecule has 2 aromatic heterocycles. The molecule has 1 aromatic carbocycles. The van der Waals surface area contributed by atoms with Crippen molar-refractivity contribution in [2.45, 2.75) is 6.18 Å². The van der Waals surface area contributed by atoms with Gasteiger partial charge in [-0.2, -0.15) is 13.2 Å². The van der Waals surface area contributed by atoms with E-state index in [0.29, 0.717) is 11.4 Å². The molecule has 118 valence electrons. The lowest BCUT2D eigenvalue weighted by Gasteiger charge is -2.12. The van der Waals surface area contributed by atoms with Crippen molar-refractivity contribution >= 4 is 33.5 Å². The first-order chi connectivity index (χ1) is 10.9. The molecule has 2 heterocycles. The summed E-state index contributed by atoms with van der Waals surface area (Å²) in [4.78, 5) is 12.0. The third-order valence-corrected chi connectivity index (χ3v) is 3.84. The van der Waals surface area contributed by atoms with E-state index in [1.807, 2.05) is 18.2 Å². The van der Waals surface area contributed by atoms with Crippen LogP contribution in [0.2, 0.25) is 0 Å². The van der Waals surface area contributed by atoms with E-state index in [1.165, 1.54) is 7.11 Å². The normalized spacial score (nSPS) is 11.7. The van der Waals surface area contributed by atoms with Gasteiger partial charge in [0.15, 0.2) is 5.82 Å². The lowest BCUT2D eigenvalue weighted by Crippen LogP contribution is -2.08. The van der Waals surface area contributed by atoms with E-state index in [0.717, 1.165) is 16.0 Å². The largest absolute Gasteiger partial charge is 0.479 e. The van der Waals surface area contributed by atoms with Gasteiger partial charge in [0.25, 0.3) is 0 Å². The molecular weight excluding hydrogens is 422 g/mol. The van der Waals surface area contributed by atoms with E-state index >= 15 is 0 Å². The van der Waals surface area contributed by atoms with Gasteiger partial charge in [-0.15, -0.1) is 0 Å². The fourth-order valence-electron chi connectivity index (χ4n) is 2.14. The highest BCUT2D eigenvalue weighted by molar-refractivity contribution is 14.1. The summed E-state index contributed by atoms with van der Waals surface area (Å²) in [5.74, 6) is 0.345. The molecule has 0 atom stereocenters. The first kappa shape index (κ1) is 15.9. The molecule has 0 aliphatic carbocycles. The van der Waals surface area contributed by atoms with E-state index in [1.54, 1.807) is 6.07 Å². The van der Waals surface area contributed by atoms with Crippen LogP contribution in [-0.2, 0) is 6.18 Å². The van der Waals surface area contributed by atoms with Gasteiger partial charge in [0.05, 0.1) is 12.7 Å². The van der Waals surface area contributed by atoms with Crippen molar-refractivity contribution in [3.63, 3.8) is 0 Å². The zero-order valence-electron chi connectivity index (χ0n) is 11.7. The summed E-state index contributed by atoms with van der Waals surface area (Å²) in [6.07, 6.45) is -2.65. The Morgan fingerprint density at radius 1 is 1.13 bits per heavy atom. The maximum atomic E-state index is 13.1. The standard InChI is InChI=1S/C15H9F3IN3O/c1-23-14-12-10(11(7-21-14)15(16,17)18)6-20-13(22-12)8-3-2-4-9(19)5-8/h2-7H,1H3. The average molecular weight is 431 g/mol. The summed E-state index contributed by atoms with van der Waals surface area (Å²) in [7, 11) is 1.34. The van der Waals surface area contributed by atoms with Crippen molar-refractivity contribution in [2.75, 3.05) is 7.11 Å². The van der Waals surface area contributed by atoms with Crippen LogP contribution < -0.4 is 4.74 Å². The molecule has 0 amide bonds. The number of hydrogen-bond acceptors (Lipinski definition) is 4. The fraction of sp³-hybridized carbons (Fsp3) is 0.133. The van der Waals surface area contributed by atoms with Crippen molar-refractivity contribution < 1.29 is 17.9 Å². The van der Waals surface area contributed by atoms with Crippen LogP contribution in [0.15, 0.2) is 36.7 Å². The Labute approximate surface area is 142 Å². The Morgan fingerprint density at radius 2 is 1.91 bits per heavy atom. The van der Waals surface area contributed by atoms with Crippen LogP contribution in [-0.4, -0.2) is 22.1 Å². The van der Waals surface area contributed by atoms with Crippen molar-refractivity contribution in [3.8, 4) is 17.3 Å². The van der Waals surface area contributed by atoms with Gasteiger partial charge in [-0.25, -0.2) is 15.0 Å². The van der Waals surface area contributed by atoms with Gasteiger partial charge in [0.2, 0.25) is 5.88 Å². The average Bonchev–Trinajstić information content (AvgIpc) is 2.52. The summed E-state index contributed by atoms with van der Waals surface area (Å²) in [5.41, 5.74) is -0.146. The molecule has 0 unspecified atom stereocenters. The van der Waals surface area contributed by atoms with E-state index in [9.17, 15) is 13.2 Å². The lowest BCUT2D eigenvalue weighted by molar-refractivity contribution is -0.136. The number of halogens is 4. The summed E-state index contributed by atoms with van der Waals surface area (Å²) in [5, 5.41) is -0.140. The smallest absolute Gasteiger partial charge is 0.418 e. The van der Waals surface area contributed by atoms with Crippen molar-refractivity contribution in [1.29, 1.82) is 0 Å².